The molecule has 0 N–H and O–H groups in total. The summed E-state index contributed by atoms with van der Waals surface area (Å²) in [5.74, 6) is 2.58. The van der Waals surface area contributed by atoms with Crippen LogP contribution in [0, 0.1) is 12.8 Å². The molecule has 1 heterocycles. The Bertz CT molecular complexity index is 1490. The first-order valence-electron chi connectivity index (χ1n) is 14.4. The number of fused-ring (bicyclic) bond motifs is 4. The van der Waals surface area contributed by atoms with Crippen LogP contribution in [0.4, 0.5) is 0 Å². The van der Waals surface area contributed by atoms with Crippen LogP contribution in [-0.2, 0) is 21.1 Å². The zero-order valence-electron chi connectivity index (χ0n) is 23.6. The zero-order chi connectivity index (χ0) is 28.0. The van der Waals surface area contributed by atoms with Gasteiger partial charge in [0.2, 0.25) is 0 Å². The van der Waals surface area contributed by atoms with Crippen LogP contribution >= 0.6 is 0 Å². The van der Waals surface area contributed by atoms with E-state index in [9.17, 15) is 8.42 Å². The largest absolute Gasteiger partial charge is 0.497 e. The van der Waals surface area contributed by atoms with Crippen molar-refractivity contribution in [1.82, 2.24) is 0 Å². The second kappa shape index (κ2) is 10.3. The molecule has 3 aliphatic rings. The molecular weight excluding hydrogens is 524 g/mol. The van der Waals surface area contributed by atoms with Crippen molar-refractivity contribution in [2.75, 3.05) is 14.2 Å². The molecule has 3 aromatic rings. The molecule has 0 radical (unpaired) electrons. The Morgan fingerprint density at radius 3 is 2.12 bits per heavy atom. The highest BCUT2D eigenvalue weighted by molar-refractivity contribution is 7.87. The second-order valence-corrected chi connectivity index (χ2v) is 13.1. The first-order chi connectivity index (χ1) is 19.3. The van der Waals surface area contributed by atoms with Gasteiger partial charge >= 0.3 is 10.1 Å². The molecule has 2 atom stereocenters. The molecule has 212 valence electrons. The van der Waals surface area contributed by atoms with Crippen LogP contribution in [0.2, 0.25) is 0 Å². The molecule has 2 saturated carbocycles. The van der Waals surface area contributed by atoms with E-state index < -0.39 is 15.7 Å². The minimum absolute atomic E-state index is 0.0500. The van der Waals surface area contributed by atoms with Gasteiger partial charge < -0.3 is 18.4 Å². The van der Waals surface area contributed by atoms with E-state index in [-0.39, 0.29) is 22.0 Å². The summed E-state index contributed by atoms with van der Waals surface area (Å²) in [4.78, 5) is 0.118. The van der Waals surface area contributed by atoms with Gasteiger partial charge in [-0.25, -0.2) is 0 Å². The fourth-order valence-electron chi connectivity index (χ4n) is 7.59. The average molecular weight is 563 g/mol. The Labute approximate surface area is 237 Å². The third-order valence-corrected chi connectivity index (χ3v) is 10.7. The third-order valence-electron chi connectivity index (χ3n) is 9.44. The first-order valence-corrected chi connectivity index (χ1v) is 15.8. The van der Waals surface area contributed by atoms with Gasteiger partial charge in [0.05, 0.1) is 14.2 Å². The van der Waals surface area contributed by atoms with Crippen molar-refractivity contribution in [3.8, 4) is 23.0 Å². The quantitative estimate of drug-likeness (QED) is 0.291. The molecule has 40 heavy (non-hydrogen) atoms. The number of ether oxygens (including phenoxy) is 3. The van der Waals surface area contributed by atoms with Crippen LogP contribution in [0.3, 0.4) is 0 Å². The lowest BCUT2D eigenvalue weighted by atomic mass is 9.51. The van der Waals surface area contributed by atoms with Crippen LogP contribution in [0.5, 0.6) is 23.0 Å². The molecule has 0 saturated heterocycles. The van der Waals surface area contributed by atoms with Crippen molar-refractivity contribution < 1.29 is 26.8 Å². The van der Waals surface area contributed by atoms with E-state index in [0.29, 0.717) is 5.75 Å². The normalized spacial score (nSPS) is 23.4. The van der Waals surface area contributed by atoms with Crippen LogP contribution < -0.4 is 18.4 Å². The molecule has 0 aromatic heterocycles. The lowest BCUT2D eigenvalue weighted by Crippen LogP contribution is -2.57. The summed E-state index contributed by atoms with van der Waals surface area (Å²) in [5.41, 5.74) is 2.23. The monoisotopic (exact) mass is 562 g/mol. The van der Waals surface area contributed by atoms with Gasteiger partial charge in [0, 0.05) is 34.6 Å². The minimum atomic E-state index is -4.09. The van der Waals surface area contributed by atoms with Gasteiger partial charge in [-0.15, -0.1) is 0 Å². The Kier molecular flexibility index (Phi) is 6.97. The fourth-order valence-corrected chi connectivity index (χ4v) is 8.53. The molecule has 7 heteroatoms. The SMILES string of the molecule is COc1ccc2c(c1)OC1(c3ccc(OC)cc3OS(=O)(=O)c3ccc(C)cc3)CCCCC1C21CCCCC1. The van der Waals surface area contributed by atoms with E-state index in [1.54, 1.807) is 44.6 Å². The van der Waals surface area contributed by atoms with E-state index in [1.807, 2.05) is 31.2 Å². The molecule has 2 fully saturated rings. The van der Waals surface area contributed by atoms with Crippen molar-refractivity contribution >= 4 is 10.1 Å². The Morgan fingerprint density at radius 1 is 0.775 bits per heavy atom. The molecule has 6 nitrogen and oxygen atoms in total. The van der Waals surface area contributed by atoms with Crippen LogP contribution in [0.25, 0.3) is 0 Å². The number of hydrogen-bond acceptors (Lipinski definition) is 6. The fraction of sp³-hybridized carbons (Fsp3) is 0.455. The van der Waals surface area contributed by atoms with Gasteiger partial charge in [-0.3, -0.25) is 0 Å². The molecule has 0 amide bonds. The summed E-state index contributed by atoms with van der Waals surface area (Å²) in [6.45, 7) is 1.92. The standard InChI is InChI=1S/C33H38O6S/c1-23-10-14-26(15-11-23)40(34,35)39-30-22-25(37-3)13-17-28(30)33-20-8-5-9-31(33)32(18-6-4-7-19-32)27-16-12-24(36-2)21-29(27)38-33/h10-17,21-22,31H,4-9,18-20H2,1-3H3. The van der Waals surface area contributed by atoms with E-state index >= 15 is 0 Å². The smallest absolute Gasteiger partial charge is 0.339 e. The van der Waals surface area contributed by atoms with E-state index in [1.165, 1.54) is 24.8 Å². The van der Waals surface area contributed by atoms with Crippen molar-refractivity contribution in [2.45, 2.75) is 80.6 Å². The number of benzene rings is 3. The van der Waals surface area contributed by atoms with Gasteiger partial charge in [0.1, 0.15) is 27.7 Å². The van der Waals surface area contributed by atoms with Gasteiger partial charge in [-0.05, 0) is 69.4 Å². The van der Waals surface area contributed by atoms with Crippen LogP contribution in [-0.4, -0.2) is 22.6 Å². The summed E-state index contributed by atoms with van der Waals surface area (Å²) in [6.07, 6.45) is 9.67. The maximum atomic E-state index is 13.6. The lowest BCUT2D eigenvalue weighted by Gasteiger charge is -2.58. The Morgan fingerprint density at radius 2 is 1.43 bits per heavy atom. The van der Waals surface area contributed by atoms with E-state index in [4.69, 9.17) is 18.4 Å². The lowest BCUT2D eigenvalue weighted by molar-refractivity contribution is -0.0956. The van der Waals surface area contributed by atoms with Gasteiger partial charge in [0.25, 0.3) is 0 Å². The van der Waals surface area contributed by atoms with E-state index in [2.05, 4.69) is 6.07 Å². The summed E-state index contributed by atoms with van der Waals surface area (Å²) in [5, 5.41) is 0. The van der Waals surface area contributed by atoms with Gasteiger partial charge in [0.15, 0.2) is 5.75 Å². The predicted octanol–water partition coefficient (Wildman–Crippen LogP) is 7.46. The molecule has 1 spiro atoms. The van der Waals surface area contributed by atoms with Crippen molar-refractivity contribution in [3.63, 3.8) is 0 Å². The van der Waals surface area contributed by atoms with Crippen LogP contribution in [0.15, 0.2) is 65.6 Å². The highest BCUT2D eigenvalue weighted by Crippen LogP contribution is 2.64. The van der Waals surface area contributed by atoms with Crippen molar-refractivity contribution in [1.29, 1.82) is 0 Å². The molecule has 6 rings (SSSR count). The Hall–Kier alpha value is -3.19. The number of rotatable bonds is 6. The average Bonchev–Trinajstić information content (AvgIpc) is 2.97. The topological polar surface area (TPSA) is 71.1 Å². The molecule has 2 unspecified atom stereocenters. The Balaban J connectivity index is 1.54. The minimum Gasteiger partial charge on any atom is -0.497 e. The molecule has 0 bridgehead atoms. The molecule has 2 aliphatic carbocycles. The highest BCUT2D eigenvalue weighted by atomic mass is 32.2. The van der Waals surface area contributed by atoms with Crippen molar-refractivity contribution in [2.24, 2.45) is 5.92 Å². The summed E-state index contributed by atoms with van der Waals surface area (Å²) >= 11 is 0. The third kappa shape index (κ3) is 4.43. The maximum Gasteiger partial charge on any atom is 0.339 e. The maximum absolute atomic E-state index is 13.6. The predicted molar refractivity (Wildman–Crippen MR) is 154 cm³/mol. The number of aryl methyl sites for hydroxylation is 1. The summed E-state index contributed by atoms with van der Waals surface area (Å²) in [6, 6.07) is 18.5. The second-order valence-electron chi connectivity index (χ2n) is 11.6. The zero-order valence-corrected chi connectivity index (χ0v) is 24.4. The molecule has 3 aromatic carbocycles. The highest BCUT2D eigenvalue weighted by Gasteiger charge is 2.60. The molecular formula is C33H38O6S. The van der Waals surface area contributed by atoms with Crippen LogP contribution in [0.1, 0.15) is 74.5 Å². The summed E-state index contributed by atoms with van der Waals surface area (Å²) < 4.78 is 51.4. The molecule has 1 aliphatic heterocycles. The van der Waals surface area contributed by atoms with E-state index in [0.717, 1.165) is 61.2 Å². The van der Waals surface area contributed by atoms with Crippen molar-refractivity contribution in [3.05, 3.63) is 77.4 Å². The number of methoxy groups -OCH3 is 2. The first kappa shape index (κ1) is 27.0. The van der Waals surface area contributed by atoms with Gasteiger partial charge in [-0.2, -0.15) is 8.42 Å². The summed E-state index contributed by atoms with van der Waals surface area (Å²) in [7, 11) is -0.846. The van der Waals surface area contributed by atoms with Gasteiger partial charge in [-0.1, -0.05) is 49.4 Å². The number of hydrogen-bond donors (Lipinski definition) is 0.